The Morgan fingerprint density at radius 1 is 0.750 bits per heavy atom. The summed E-state index contributed by atoms with van der Waals surface area (Å²) in [6, 6.07) is 20.1. The molecule has 2 N–H and O–H groups in total. The molecule has 19 heteroatoms. The molecule has 2 aromatic carbocycles. The minimum Gasteiger partial charge on any atom is -0.465 e. The molecule has 0 bridgehead atoms. The van der Waals surface area contributed by atoms with E-state index in [0.29, 0.717) is 12.2 Å². The molecule has 0 aliphatic heterocycles. The van der Waals surface area contributed by atoms with Crippen LogP contribution in [0.2, 0.25) is 0 Å². The molecule has 14 nitrogen and oxygen atoms in total. The molecule has 0 aliphatic carbocycles. The molecule has 6 rings (SSSR count). The SMILES string of the molecule is CC(C)(C)CN(Cc1cc(S(=O)(=O)c2cccnc2)n(-c2ccccc2F)n1)C(=O)O.CNCc1cc(S(=O)(=O)c2cccnc2)n(-c2ccccc2F)n1.Cl. The van der Waals surface area contributed by atoms with Gasteiger partial charge in [-0.05, 0) is 61.0 Å². The van der Waals surface area contributed by atoms with Crippen molar-refractivity contribution in [3.05, 3.63) is 133 Å². The lowest BCUT2D eigenvalue weighted by Crippen LogP contribution is -2.36. The minimum atomic E-state index is -4.10. The average Bonchev–Trinajstić information content (AvgIpc) is 3.78. The highest BCUT2D eigenvalue weighted by atomic mass is 35.5. The number of carbonyl (C=O) groups is 1. The molecular weight excluding hydrogens is 790 g/mol. The van der Waals surface area contributed by atoms with Crippen LogP contribution in [0.4, 0.5) is 13.6 Å². The van der Waals surface area contributed by atoms with Crippen LogP contribution in [0.3, 0.4) is 0 Å². The standard InChI is InChI=1S/C21H23FN4O4S.C16H15FN4O2S.ClH/c1-21(2,3)14-25(20(27)28)13-15-11-19(31(29,30)16-7-6-10-23-12-16)26(24-15)18-9-5-4-8-17(18)22;1-18-10-12-9-16(24(22,23)13-5-4-8-19-11-13)21(20-12)15-7-3-2-6-14(15)17;/h4-12H,13-14H2,1-3H3,(H,27,28);2-9,11,18H,10H2,1H3;1H. The number of rotatable bonds is 11. The Morgan fingerprint density at radius 3 is 1.59 bits per heavy atom. The molecular formula is C37H39ClF2N8O6S2. The Kier molecular flexibility index (Phi) is 13.8. The lowest BCUT2D eigenvalue weighted by molar-refractivity contribution is 0.122. The molecule has 56 heavy (non-hydrogen) atoms. The second-order valence-corrected chi connectivity index (χ2v) is 17.1. The predicted octanol–water partition coefficient (Wildman–Crippen LogP) is 6.15. The Labute approximate surface area is 329 Å². The second kappa shape index (κ2) is 17.9. The van der Waals surface area contributed by atoms with Crippen LogP contribution in [-0.2, 0) is 32.8 Å². The van der Waals surface area contributed by atoms with Crippen molar-refractivity contribution in [1.29, 1.82) is 0 Å². The van der Waals surface area contributed by atoms with E-state index in [2.05, 4.69) is 25.5 Å². The number of carboxylic acid groups (broad SMARTS) is 1. The number of sulfone groups is 2. The maximum Gasteiger partial charge on any atom is 0.407 e. The van der Waals surface area contributed by atoms with Gasteiger partial charge in [-0.1, -0.05) is 45.0 Å². The quantitative estimate of drug-likeness (QED) is 0.153. The lowest BCUT2D eigenvalue weighted by Gasteiger charge is -2.27. The van der Waals surface area contributed by atoms with Crippen molar-refractivity contribution in [3.8, 4) is 11.4 Å². The van der Waals surface area contributed by atoms with Crippen molar-refractivity contribution in [2.75, 3.05) is 13.6 Å². The number of para-hydroxylation sites is 2. The number of nitrogens with one attached hydrogen (secondary N) is 1. The van der Waals surface area contributed by atoms with E-state index in [1.54, 1.807) is 19.2 Å². The molecule has 0 atom stereocenters. The van der Waals surface area contributed by atoms with E-state index in [1.807, 2.05) is 20.8 Å². The van der Waals surface area contributed by atoms with Crippen molar-refractivity contribution in [3.63, 3.8) is 0 Å². The lowest BCUT2D eigenvalue weighted by atomic mass is 9.96. The van der Waals surface area contributed by atoms with Gasteiger partial charge in [-0.15, -0.1) is 12.4 Å². The molecule has 0 saturated heterocycles. The highest BCUT2D eigenvalue weighted by Gasteiger charge is 2.29. The molecule has 0 spiro atoms. The zero-order valence-corrected chi connectivity index (χ0v) is 33.1. The van der Waals surface area contributed by atoms with Crippen LogP contribution in [0, 0.1) is 17.0 Å². The Hall–Kier alpha value is -5.56. The number of nitrogens with zero attached hydrogens (tertiary/aromatic N) is 7. The molecule has 0 radical (unpaired) electrons. The minimum absolute atomic E-state index is 0. The summed E-state index contributed by atoms with van der Waals surface area (Å²) < 4.78 is 83.1. The van der Waals surface area contributed by atoms with Crippen LogP contribution in [0.5, 0.6) is 0 Å². The van der Waals surface area contributed by atoms with Crippen LogP contribution in [0.1, 0.15) is 32.2 Å². The van der Waals surface area contributed by atoms with E-state index in [9.17, 15) is 35.5 Å². The van der Waals surface area contributed by atoms with Gasteiger partial charge in [0, 0.05) is 50.0 Å². The fourth-order valence-corrected chi connectivity index (χ4v) is 8.07. The summed E-state index contributed by atoms with van der Waals surface area (Å²) in [6.07, 6.45) is 4.21. The topological polar surface area (TPSA) is 182 Å². The molecule has 1 amide bonds. The van der Waals surface area contributed by atoms with Crippen molar-refractivity contribution in [2.24, 2.45) is 5.41 Å². The third-order valence-electron chi connectivity index (χ3n) is 7.70. The summed E-state index contributed by atoms with van der Waals surface area (Å²) in [5.74, 6) is -1.22. The van der Waals surface area contributed by atoms with E-state index in [4.69, 9.17) is 0 Å². The number of amides is 1. The summed E-state index contributed by atoms with van der Waals surface area (Å²) in [7, 11) is -6.27. The molecule has 0 fully saturated rings. The number of hydrogen-bond acceptors (Lipinski definition) is 10. The van der Waals surface area contributed by atoms with Crippen molar-refractivity contribution in [1.82, 2.24) is 39.7 Å². The molecule has 0 unspecified atom stereocenters. The number of pyridine rings is 2. The number of hydrogen-bond donors (Lipinski definition) is 2. The van der Waals surface area contributed by atoms with Crippen molar-refractivity contribution in [2.45, 2.75) is 53.7 Å². The molecule has 4 aromatic heterocycles. The highest BCUT2D eigenvalue weighted by molar-refractivity contribution is 7.91. The molecule has 4 heterocycles. The highest BCUT2D eigenvalue weighted by Crippen LogP contribution is 2.28. The normalized spacial score (nSPS) is 11.6. The number of halogens is 3. The largest absolute Gasteiger partial charge is 0.465 e. The van der Waals surface area contributed by atoms with Gasteiger partial charge in [0.05, 0.1) is 27.7 Å². The van der Waals surface area contributed by atoms with Gasteiger partial charge in [-0.25, -0.2) is 39.8 Å². The Balaban J connectivity index is 0.000000252. The Bertz CT molecular complexity index is 2500. The zero-order valence-electron chi connectivity index (χ0n) is 30.6. The van der Waals surface area contributed by atoms with E-state index in [-0.39, 0.29) is 67.8 Å². The van der Waals surface area contributed by atoms with E-state index in [1.165, 1.54) is 97.6 Å². The zero-order chi connectivity index (χ0) is 40.0. The van der Waals surface area contributed by atoms with Gasteiger partial charge >= 0.3 is 6.09 Å². The van der Waals surface area contributed by atoms with Gasteiger partial charge in [-0.3, -0.25) is 9.97 Å². The van der Waals surface area contributed by atoms with Crippen LogP contribution in [-0.4, -0.2) is 76.1 Å². The van der Waals surface area contributed by atoms with Crippen molar-refractivity contribution < 1.29 is 35.5 Å². The number of aromatic nitrogens is 6. The van der Waals surface area contributed by atoms with Gasteiger partial charge in [0.2, 0.25) is 19.7 Å². The first kappa shape index (κ1) is 43.2. The predicted molar refractivity (Wildman–Crippen MR) is 204 cm³/mol. The monoisotopic (exact) mass is 828 g/mol. The third-order valence-corrected chi connectivity index (χ3v) is 11.1. The van der Waals surface area contributed by atoms with Crippen molar-refractivity contribution >= 4 is 38.2 Å². The average molecular weight is 829 g/mol. The third kappa shape index (κ3) is 9.99. The fraction of sp³-hybridized carbons (Fsp3) is 0.216. The maximum absolute atomic E-state index is 14.5. The Morgan fingerprint density at radius 2 is 1.20 bits per heavy atom. The summed E-state index contributed by atoms with van der Waals surface area (Å²) in [5.41, 5.74) is 0.355. The fourth-order valence-electron chi connectivity index (χ4n) is 5.35. The van der Waals surface area contributed by atoms with Gasteiger partial charge in [0.25, 0.3) is 0 Å². The first-order chi connectivity index (χ1) is 26.0. The first-order valence-electron chi connectivity index (χ1n) is 16.6. The summed E-state index contributed by atoms with van der Waals surface area (Å²) in [6.45, 7) is 6.08. The summed E-state index contributed by atoms with van der Waals surface area (Å²) in [5, 5.41) is 20.6. The molecule has 6 aromatic rings. The van der Waals surface area contributed by atoms with Gasteiger partial charge in [0.1, 0.15) is 23.0 Å². The van der Waals surface area contributed by atoms with E-state index >= 15 is 0 Å². The first-order valence-corrected chi connectivity index (χ1v) is 19.6. The maximum atomic E-state index is 14.5. The summed E-state index contributed by atoms with van der Waals surface area (Å²) >= 11 is 0. The van der Waals surface area contributed by atoms with E-state index < -0.39 is 37.4 Å². The van der Waals surface area contributed by atoms with Gasteiger partial charge in [0.15, 0.2) is 10.1 Å². The second-order valence-electron chi connectivity index (χ2n) is 13.3. The van der Waals surface area contributed by atoms with Crippen LogP contribution < -0.4 is 5.32 Å². The summed E-state index contributed by atoms with van der Waals surface area (Å²) in [4.78, 5) is 20.5. The van der Waals surface area contributed by atoms with Crippen LogP contribution >= 0.6 is 12.4 Å². The molecule has 296 valence electrons. The van der Waals surface area contributed by atoms with Gasteiger partial charge < -0.3 is 15.3 Å². The van der Waals surface area contributed by atoms with E-state index in [0.717, 1.165) is 14.3 Å². The van der Waals surface area contributed by atoms with Crippen LogP contribution in [0.15, 0.2) is 130 Å². The smallest absolute Gasteiger partial charge is 0.407 e. The van der Waals surface area contributed by atoms with Gasteiger partial charge in [-0.2, -0.15) is 10.2 Å². The van der Waals surface area contributed by atoms with Crippen LogP contribution in [0.25, 0.3) is 11.4 Å². The number of benzene rings is 2. The molecule has 0 saturated carbocycles. The molecule has 0 aliphatic rings.